The van der Waals surface area contributed by atoms with E-state index in [0.717, 1.165) is 0 Å². The maximum absolute atomic E-state index is 11.2. The number of rotatable bonds is 2. The molecule has 0 amide bonds. The monoisotopic (exact) mass is 190 g/mol. The number of carbonyl (C=O) groups is 1. The summed E-state index contributed by atoms with van der Waals surface area (Å²) in [6.07, 6.45) is -0.923. The van der Waals surface area contributed by atoms with Crippen molar-refractivity contribution in [2.75, 3.05) is 26.4 Å². The van der Waals surface area contributed by atoms with Gasteiger partial charge in [-0.15, -0.1) is 0 Å². The van der Waals surface area contributed by atoms with Crippen LogP contribution < -0.4 is 0 Å². The van der Waals surface area contributed by atoms with Crippen molar-refractivity contribution in [2.45, 2.75) is 12.8 Å². The first kappa shape index (κ1) is 8.89. The third-order valence-electron chi connectivity index (χ3n) is 1.62. The van der Waals surface area contributed by atoms with Crippen molar-refractivity contribution in [2.24, 2.45) is 0 Å². The molecule has 0 spiro atoms. The quantitative estimate of drug-likeness (QED) is 0.533. The van der Waals surface area contributed by atoms with E-state index in [1.807, 2.05) is 0 Å². The van der Waals surface area contributed by atoms with Crippen molar-refractivity contribution in [1.29, 1.82) is 0 Å². The minimum Gasteiger partial charge on any atom is -0.407 e. The molecular weight excluding hydrogens is 180 g/mol. The van der Waals surface area contributed by atoms with Crippen molar-refractivity contribution in [3.8, 4) is 0 Å². The largest absolute Gasteiger partial charge is 0.407 e. The molecule has 2 aliphatic heterocycles. The molecule has 0 aromatic carbocycles. The SMILES string of the molecule is O=C(OC1OCCO1)C1OCCO1. The minimum atomic E-state index is -0.923. The van der Waals surface area contributed by atoms with E-state index < -0.39 is 18.7 Å². The molecule has 0 atom stereocenters. The molecule has 2 heterocycles. The second-order valence-corrected chi connectivity index (χ2v) is 2.54. The van der Waals surface area contributed by atoms with Crippen LogP contribution in [0.25, 0.3) is 0 Å². The van der Waals surface area contributed by atoms with Crippen LogP contribution in [0.15, 0.2) is 0 Å². The summed E-state index contributed by atoms with van der Waals surface area (Å²) in [5.41, 5.74) is 0. The van der Waals surface area contributed by atoms with E-state index in [4.69, 9.17) is 23.7 Å². The van der Waals surface area contributed by atoms with Crippen LogP contribution in [0.4, 0.5) is 0 Å². The zero-order valence-electron chi connectivity index (χ0n) is 6.93. The Labute approximate surface area is 74.6 Å². The molecule has 0 radical (unpaired) electrons. The molecular formula is C7H10O6. The van der Waals surface area contributed by atoms with E-state index in [9.17, 15) is 4.79 Å². The maximum atomic E-state index is 11.2. The summed E-state index contributed by atoms with van der Waals surface area (Å²) < 4.78 is 24.4. The molecule has 2 fully saturated rings. The van der Waals surface area contributed by atoms with E-state index in [1.165, 1.54) is 0 Å². The number of ether oxygens (including phenoxy) is 5. The molecule has 0 N–H and O–H groups in total. The zero-order valence-corrected chi connectivity index (χ0v) is 6.93. The predicted molar refractivity (Wildman–Crippen MR) is 37.5 cm³/mol. The highest BCUT2D eigenvalue weighted by atomic mass is 16.9. The van der Waals surface area contributed by atoms with Gasteiger partial charge in [0.2, 0.25) is 0 Å². The Morgan fingerprint density at radius 1 is 1.00 bits per heavy atom. The smallest absolute Gasteiger partial charge is 0.367 e. The zero-order chi connectivity index (χ0) is 9.10. The molecule has 13 heavy (non-hydrogen) atoms. The Hall–Kier alpha value is -0.690. The molecule has 6 nitrogen and oxygen atoms in total. The summed E-state index contributed by atoms with van der Waals surface area (Å²) in [6, 6.07) is 0. The number of carbonyl (C=O) groups excluding carboxylic acids is 1. The second kappa shape index (κ2) is 4.01. The topological polar surface area (TPSA) is 63.2 Å². The fourth-order valence-electron chi connectivity index (χ4n) is 1.05. The van der Waals surface area contributed by atoms with Crippen LogP contribution in [-0.4, -0.2) is 45.2 Å². The first-order valence-electron chi connectivity index (χ1n) is 4.03. The molecule has 74 valence electrons. The van der Waals surface area contributed by atoms with Crippen LogP contribution in [0.5, 0.6) is 0 Å². The van der Waals surface area contributed by atoms with Crippen LogP contribution in [0.2, 0.25) is 0 Å². The van der Waals surface area contributed by atoms with Gasteiger partial charge in [-0.2, -0.15) is 0 Å². The van der Waals surface area contributed by atoms with Crippen molar-refractivity contribution in [3.05, 3.63) is 0 Å². The number of esters is 1. The van der Waals surface area contributed by atoms with E-state index in [0.29, 0.717) is 26.4 Å². The van der Waals surface area contributed by atoms with Gasteiger partial charge >= 0.3 is 12.4 Å². The first-order valence-corrected chi connectivity index (χ1v) is 4.03. The summed E-state index contributed by atoms with van der Waals surface area (Å²) >= 11 is 0. The van der Waals surface area contributed by atoms with Gasteiger partial charge in [-0.05, 0) is 0 Å². The van der Waals surface area contributed by atoms with Gasteiger partial charge in [0.1, 0.15) is 0 Å². The van der Waals surface area contributed by atoms with E-state index in [2.05, 4.69) is 0 Å². The van der Waals surface area contributed by atoms with Gasteiger partial charge in [-0.3, -0.25) is 0 Å². The molecule has 6 heteroatoms. The van der Waals surface area contributed by atoms with Gasteiger partial charge in [-0.25, -0.2) is 4.79 Å². The highest BCUT2D eigenvalue weighted by Gasteiger charge is 2.30. The Balaban J connectivity index is 1.76. The third kappa shape index (κ3) is 2.16. The highest BCUT2D eigenvalue weighted by Crippen LogP contribution is 2.10. The Kier molecular flexibility index (Phi) is 2.74. The van der Waals surface area contributed by atoms with Gasteiger partial charge in [0.25, 0.3) is 6.29 Å². The lowest BCUT2D eigenvalue weighted by Crippen LogP contribution is -2.29. The summed E-state index contributed by atoms with van der Waals surface area (Å²) in [6.45, 7) is 0.785. The molecule has 0 unspecified atom stereocenters. The second-order valence-electron chi connectivity index (χ2n) is 2.54. The predicted octanol–water partition coefficient (Wildman–Crippen LogP) is -0.767. The van der Waals surface area contributed by atoms with Crippen molar-refractivity contribution in [3.63, 3.8) is 0 Å². The van der Waals surface area contributed by atoms with Gasteiger partial charge in [0.15, 0.2) is 0 Å². The van der Waals surface area contributed by atoms with E-state index in [-0.39, 0.29) is 0 Å². The lowest BCUT2D eigenvalue weighted by molar-refractivity contribution is -0.242. The summed E-state index contributed by atoms with van der Waals surface area (Å²) in [5.74, 6) is -0.607. The fourth-order valence-corrected chi connectivity index (χ4v) is 1.05. The normalized spacial score (nSPS) is 25.2. The molecule has 2 aliphatic rings. The van der Waals surface area contributed by atoms with Crippen molar-refractivity contribution >= 4 is 5.97 Å². The molecule has 0 saturated carbocycles. The highest BCUT2D eigenvalue weighted by molar-refractivity contribution is 5.73. The van der Waals surface area contributed by atoms with Crippen molar-refractivity contribution in [1.82, 2.24) is 0 Å². The Bertz CT molecular complexity index is 181. The van der Waals surface area contributed by atoms with E-state index >= 15 is 0 Å². The number of hydrogen-bond acceptors (Lipinski definition) is 6. The van der Waals surface area contributed by atoms with Crippen LogP contribution in [0, 0.1) is 0 Å². The summed E-state index contributed by atoms with van der Waals surface area (Å²) in [4.78, 5) is 11.2. The standard InChI is InChI=1S/C7H10O6/c8-5(6-9-1-2-10-6)13-7-11-3-4-12-7/h6-7H,1-4H2. The van der Waals surface area contributed by atoms with E-state index in [1.54, 1.807) is 0 Å². The molecule has 0 aliphatic carbocycles. The molecule has 2 rings (SSSR count). The van der Waals surface area contributed by atoms with Crippen LogP contribution in [0.1, 0.15) is 0 Å². The Morgan fingerprint density at radius 3 is 2.15 bits per heavy atom. The third-order valence-corrected chi connectivity index (χ3v) is 1.62. The Morgan fingerprint density at radius 2 is 1.54 bits per heavy atom. The first-order chi connectivity index (χ1) is 6.36. The molecule has 0 bridgehead atoms. The molecule has 2 saturated heterocycles. The van der Waals surface area contributed by atoms with Gasteiger partial charge < -0.3 is 23.7 Å². The minimum absolute atomic E-state index is 0.409. The van der Waals surface area contributed by atoms with Crippen molar-refractivity contribution < 1.29 is 28.5 Å². The van der Waals surface area contributed by atoms with Gasteiger partial charge in [0, 0.05) is 0 Å². The lowest BCUT2D eigenvalue weighted by Gasteiger charge is -2.12. The molecule has 0 aromatic heterocycles. The average Bonchev–Trinajstić information content (AvgIpc) is 2.74. The maximum Gasteiger partial charge on any atom is 0.367 e. The van der Waals surface area contributed by atoms with Crippen LogP contribution in [-0.2, 0) is 28.5 Å². The van der Waals surface area contributed by atoms with Gasteiger partial charge in [-0.1, -0.05) is 0 Å². The van der Waals surface area contributed by atoms with Crippen LogP contribution in [0.3, 0.4) is 0 Å². The summed E-state index contributed by atoms with van der Waals surface area (Å²) in [5, 5.41) is 0. The van der Waals surface area contributed by atoms with Gasteiger partial charge in [0.05, 0.1) is 26.4 Å². The average molecular weight is 190 g/mol. The van der Waals surface area contributed by atoms with Crippen LogP contribution >= 0.6 is 0 Å². The molecule has 0 aromatic rings. The lowest BCUT2D eigenvalue weighted by atomic mass is 10.6. The number of hydrogen-bond donors (Lipinski definition) is 0. The fraction of sp³-hybridized carbons (Fsp3) is 0.857. The summed E-state index contributed by atoms with van der Waals surface area (Å²) in [7, 11) is 0.